The lowest BCUT2D eigenvalue weighted by atomic mass is 10.2. The average molecular weight is 219 g/mol. The second-order valence-corrected chi connectivity index (χ2v) is 3.66. The molecule has 0 saturated carbocycles. The summed E-state index contributed by atoms with van der Waals surface area (Å²) >= 11 is 0. The van der Waals surface area contributed by atoms with Gasteiger partial charge >= 0.3 is 0 Å². The number of ether oxygens (including phenoxy) is 1. The zero-order valence-electron chi connectivity index (χ0n) is 8.76. The Morgan fingerprint density at radius 1 is 1.62 bits per heavy atom. The Bertz CT molecular complexity index is 402. The topological polar surface area (TPSA) is 78.2 Å². The van der Waals surface area contributed by atoms with Gasteiger partial charge in [-0.2, -0.15) is 5.26 Å². The second kappa shape index (κ2) is 4.92. The van der Waals surface area contributed by atoms with E-state index in [0.29, 0.717) is 11.4 Å². The number of nitriles is 1. The van der Waals surface area contributed by atoms with Crippen molar-refractivity contribution in [3.63, 3.8) is 0 Å². The summed E-state index contributed by atoms with van der Waals surface area (Å²) in [6, 6.07) is 5.48. The molecule has 1 aliphatic rings. The molecule has 1 saturated heterocycles. The summed E-state index contributed by atoms with van der Waals surface area (Å²) in [6.07, 6.45) is 2.99. The summed E-state index contributed by atoms with van der Waals surface area (Å²) in [5.74, 6) is 0.536. The maximum absolute atomic E-state index is 8.93. The quantitative estimate of drug-likeness (QED) is 0.788. The van der Waals surface area contributed by atoms with E-state index < -0.39 is 0 Å². The first-order valence-electron chi connectivity index (χ1n) is 5.21. The van der Waals surface area contributed by atoms with Crippen LogP contribution >= 0.6 is 0 Å². The van der Waals surface area contributed by atoms with E-state index >= 15 is 0 Å². The van der Waals surface area contributed by atoms with Gasteiger partial charge in [0.15, 0.2) is 0 Å². The molecule has 1 aliphatic heterocycles. The maximum Gasteiger partial charge on any atom is 0.145 e. The number of aromatic nitrogens is 1. The summed E-state index contributed by atoms with van der Waals surface area (Å²) in [4.78, 5) is 4.09. The van der Waals surface area contributed by atoms with Crippen LogP contribution in [0.25, 0.3) is 0 Å². The van der Waals surface area contributed by atoms with Gasteiger partial charge in [0, 0.05) is 6.20 Å². The molecule has 5 nitrogen and oxygen atoms in total. The van der Waals surface area contributed by atoms with Gasteiger partial charge in [0.25, 0.3) is 0 Å². The minimum Gasteiger partial charge on any atom is -0.394 e. The zero-order valence-corrected chi connectivity index (χ0v) is 8.76. The van der Waals surface area contributed by atoms with Crippen LogP contribution in [0.1, 0.15) is 18.4 Å². The molecular weight excluding hydrogens is 206 g/mol. The van der Waals surface area contributed by atoms with E-state index in [1.807, 2.05) is 0 Å². The Balaban J connectivity index is 2.02. The third kappa shape index (κ3) is 2.30. The van der Waals surface area contributed by atoms with Crippen molar-refractivity contribution < 1.29 is 9.84 Å². The number of aliphatic hydroxyl groups excluding tert-OH is 1. The molecule has 1 unspecified atom stereocenters. The van der Waals surface area contributed by atoms with Crippen LogP contribution in [0.5, 0.6) is 0 Å². The van der Waals surface area contributed by atoms with E-state index in [-0.39, 0.29) is 18.9 Å². The highest BCUT2D eigenvalue weighted by Crippen LogP contribution is 2.21. The summed E-state index contributed by atoms with van der Waals surface area (Å²) in [7, 11) is 0. The number of nitrogens with zero attached hydrogens (tertiary/aromatic N) is 2. The van der Waals surface area contributed by atoms with E-state index in [0.717, 1.165) is 12.8 Å². The van der Waals surface area contributed by atoms with Gasteiger partial charge in [-0.25, -0.2) is 4.98 Å². The molecule has 5 heteroatoms. The van der Waals surface area contributed by atoms with Crippen LogP contribution in [0.3, 0.4) is 0 Å². The van der Waals surface area contributed by atoms with E-state index in [1.54, 1.807) is 18.3 Å². The fourth-order valence-corrected chi connectivity index (χ4v) is 1.71. The molecule has 0 bridgehead atoms. The predicted octanol–water partition coefficient (Wildman–Crippen LogP) is 0.863. The number of anilines is 1. The Kier molecular flexibility index (Phi) is 3.34. The number of pyridine rings is 1. The average Bonchev–Trinajstić information content (AvgIpc) is 2.77. The zero-order chi connectivity index (χ0) is 11.4. The lowest BCUT2D eigenvalue weighted by Gasteiger charge is -2.14. The molecule has 2 heterocycles. The van der Waals surface area contributed by atoms with Crippen molar-refractivity contribution in [1.29, 1.82) is 5.26 Å². The first-order valence-corrected chi connectivity index (χ1v) is 5.21. The summed E-state index contributed by atoms with van der Waals surface area (Å²) in [6.45, 7) is 0.0332. The Morgan fingerprint density at radius 2 is 2.50 bits per heavy atom. The number of nitrogens with one attached hydrogen (secondary N) is 1. The molecule has 2 rings (SSSR count). The normalized spacial score (nSPS) is 24.0. The summed E-state index contributed by atoms with van der Waals surface area (Å²) in [5.41, 5.74) is 0.499. The van der Waals surface area contributed by atoms with E-state index in [9.17, 15) is 0 Å². The molecule has 1 fully saturated rings. The van der Waals surface area contributed by atoms with Crippen molar-refractivity contribution in [1.82, 2.24) is 4.98 Å². The lowest BCUT2D eigenvalue weighted by molar-refractivity contribution is 0.0234. The number of hydrogen-bond donors (Lipinski definition) is 2. The molecule has 2 atom stereocenters. The van der Waals surface area contributed by atoms with Crippen LogP contribution in [0, 0.1) is 11.3 Å². The maximum atomic E-state index is 8.93. The van der Waals surface area contributed by atoms with Crippen LogP contribution in [-0.4, -0.2) is 29.0 Å². The van der Waals surface area contributed by atoms with Crippen LogP contribution < -0.4 is 5.32 Å². The van der Waals surface area contributed by atoms with Crippen molar-refractivity contribution in [3.05, 3.63) is 23.9 Å². The van der Waals surface area contributed by atoms with Gasteiger partial charge < -0.3 is 15.2 Å². The molecule has 1 aromatic rings. The molecule has 0 spiro atoms. The molecule has 0 radical (unpaired) electrons. The number of hydrogen-bond acceptors (Lipinski definition) is 5. The lowest BCUT2D eigenvalue weighted by Crippen LogP contribution is -2.22. The van der Waals surface area contributed by atoms with E-state index in [1.165, 1.54) is 0 Å². The van der Waals surface area contributed by atoms with Crippen molar-refractivity contribution in [2.45, 2.75) is 25.2 Å². The van der Waals surface area contributed by atoms with Gasteiger partial charge in [-0.15, -0.1) is 0 Å². The van der Waals surface area contributed by atoms with Crippen LogP contribution in [-0.2, 0) is 4.74 Å². The van der Waals surface area contributed by atoms with Gasteiger partial charge in [0.1, 0.15) is 18.1 Å². The number of aliphatic hydroxyl groups is 1. The van der Waals surface area contributed by atoms with Gasteiger partial charge in [-0.1, -0.05) is 0 Å². The molecule has 0 aliphatic carbocycles. The van der Waals surface area contributed by atoms with E-state index in [2.05, 4.69) is 16.4 Å². The van der Waals surface area contributed by atoms with Crippen LogP contribution in [0.4, 0.5) is 5.82 Å². The highest BCUT2D eigenvalue weighted by molar-refractivity contribution is 5.51. The predicted molar refractivity (Wildman–Crippen MR) is 57.6 cm³/mol. The standard InChI is InChI=1S/C11H13N3O2/c12-6-8-2-1-5-13-11(8)14-10-4-3-9(7-15)16-10/h1-2,5,9-10,15H,3-4,7H2,(H,13,14)/t9-,10?/m0/s1. The third-order valence-electron chi connectivity index (χ3n) is 2.54. The minimum absolute atomic E-state index is 0.0332. The fourth-order valence-electron chi connectivity index (χ4n) is 1.71. The molecule has 0 amide bonds. The summed E-state index contributed by atoms with van der Waals surface area (Å²) < 4.78 is 5.50. The molecule has 1 aromatic heterocycles. The van der Waals surface area contributed by atoms with Gasteiger partial charge in [-0.3, -0.25) is 0 Å². The Hall–Kier alpha value is -1.64. The Labute approximate surface area is 93.7 Å². The van der Waals surface area contributed by atoms with Gasteiger partial charge in [0.05, 0.1) is 18.3 Å². The SMILES string of the molecule is N#Cc1cccnc1NC1CC[C@@H](CO)O1. The van der Waals surface area contributed by atoms with Crippen LogP contribution in [0.2, 0.25) is 0 Å². The van der Waals surface area contributed by atoms with Crippen molar-refractivity contribution in [2.75, 3.05) is 11.9 Å². The van der Waals surface area contributed by atoms with Crippen molar-refractivity contribution in [2.24, 2.45) is 0 Å². The molecular formula is C11H13N3O2. The number of rotatable bonds is 3. The molecule has 16 heavy (non-hydrogen) atoms. The third-order valence-corrected chi connectivity index (χ3v) is 2.54. The fraction of sp³-hybridized carbons (Fsp3) is 0.455. The summed E-state index contributed by atoms with van der Waals surface area (Å²) in [5, 5.41) is 20.9. The highest BCUT2D eigenvalue weighted by atomic mass is 16.5. The first kappa shape index (κ1) is 10.9. The molecule has 2 N–H and O–H groups in total. The van der Waals surface area contributed by atoms with Gasteiger partial charge in [0.2, 0.25) is 0 Å². The molecule has 84 valence electrons. The first-order chi connectivity index (χ1) is 7.83. The van der Waals surface area contributed by atoms with Crippen molar-refractivity contribution >= 4 is 5.82 Å². The van der Waals surface area contributed by atoms with Gasteiger partial charge in [-0.05, 0) is 25.0 Å². The van der Waals surface area contributed by atoms with E-state index in [4.69, 9.17) is 15.1 Å². The monoisotopic (exact) mass is 219 g/mol. The molecule has 0 aromatic carbocycles. The Morgan fingerprint density at radius 3 is 3.19 bits per heavy atom. The minimum atomic E-state index is -0.167. The van der Waals surface area contributed by atoms with Crippen LogP contribution in [0.15, 0.2) is 18.3 Å². The highest BCUT2D eigenvalue weighted by Gasteiger charge is 2.25. The second-order valence-electron chi connectivity index (χ2n) is 3.66. The largest absolute Gasteiger partial charge is 0.394 e. The smallest absolute Gasteiger partial charge is 0.145 e. The van der Waals surface area contributed by atoms with Crippen molar-refractivity contribution in [3.8, 4) is 6.07 Å².